The number of esters is 1. The first-order chi connectivity index (χ1) is 21.9. The van der Waals surface area contributed by atoms with Crippen molar-refractivity contribution in [1.82, 2.24) is 5.32 Å². The van der Waals surface area contributed by atoms with Gasteiger partial charge in [0.2, 0.25) is 0 Å². The molecule has 1 N–H and O–H groups in total. The maximum Gasteiger partial charge on any atom is 0.337 e. The fourth-order valence-corrected chi connectivity index (χ4v) is 6.15. The lowest BCUT2D eigenvalue weighted by molar-refractivity contribution is 0.0600. The molecular formula is C39H49NO5Si. The van der Waals surface area contributed by atoms with E-state index in [9.17, 15) is 4.79 Å². The van der Waals surface area contributed by atoms with Crippen LogP contribution in [-0.2, 0) is 28.8 Å². The molecule has 0 aliphatic rings. The van der Waals surface area contributed by atoms with E-state index in [0.29, 0.717) is 25.3 Å². The number of hydrogen-bond donors (Lipinski definition) is 1. The fourth-order valence-electron chi connectivity index (χ4n) is 4.87. The highest BCUT2D eigenvalue weighted by atomic mass is 28.4. The van der Waals surface area contributed by atoms with Gasteiger partial charge in [-0.05, 0) is 78.0 Å². The van der Waals surface area contributed by atoms with Crippen LogP contribution in [0.4, 0.5) is 0 Å². The average molecular weight is 640 g/mol. The van der Waals surface area contributed by atoms with Gasteiger partial charge >= 0.3 is 5.97 Å². The Labute approximate surface area is 276 Å². The van der Waals surface area contributed by atoms with E-state index in [2.05, 4.69) is 82.5 Å². The van der Waals surface area contributed by atoms with Gasteiger partial charge in [-0.1, -0.05) is 93.6 Å². The molecule has 0 aliphatic carbocycles. The van der Waals surface area contributed by atoms with Crippen molar-refractivity contribution in [3.8, 4) is 11.5 Å². The van der Waals surface area contributed by atoms with Crippen LogP contribution in [0.3, 0.4) is 0 Å². The third-order valence-electron chi connectivity index (χ3n) is 8.56. The zero-order valence-corrected chi connectivity index (χ0v) is 29.3. The van der Waals surface area contributed by atoms with Crippen LogP contribution in [0, 0.1) is 0 Å². The van der Waals surface area contributed by atoms with Crippen LogP contribution in [0.25, 0.3) is 0 Å². The third-order valence-corrected chi connectivity index (χ3v) is 13.0. The second-order valence-corrected chi connectivity index (χ2v) is 18.1. The van der Waals surface area contributed by atoms with Gasteiger partial charge in [-0.25, -0.2) is 4.79 Å². The Hall–Kier alpha value is -3.91. The molecule has 0 aromatic heterocycles. The Morgan fingerprint density at radius 3 is 1.83 bits per heavy atom. The number of hydrogen-bond acceptors (Lipinski definition) is 6. The number of methoxy groups -OCH3 is 1. The number of nitrogens with one attached hydrogen (secondary N) is 1. The zero-order chi connectivity index (χ0) is 33.2. The molecule has 0 heterocycles. The van der Waals surface area contributed by atoms with E-state index in [-0.39, 0.29) is 23.2 Å². The van der Waals surface area contributed by atoms with Gasteiger partial charge in [0.25, 0.3) is 0 Å². The summed E-state index contributed by atoms with van der Waals surface area (Å²) in [6.45, 7) is 15.0. The van der Waals surface area contributed by atoms with Crippen LogP contribution >= 0.6 is 0 Å². The minimum absolute atomic E-state index is 0.0270. The predicted octanol–water partition coefficient (Wildman–Crippen LogP) is 8.91. The standard InChI is InChI=1S/C39H49NO5Si/c1-29(21-32-19-14-20-33(22-32)38(41)42-5)40-26-37(45-46(6,7)39(2,3)4)34-23-35(43-27-30-15-10-8-11-16-30)25-36(24-34)44-28-31-17-12-9-13-18-31/h8-20,22-25,29,37,40H,21,26-28H2,1-7H3/t29-,37+/m1/s1. The van der Waals surface area contributed by atoms with Crippen LogP contribution in [-0.4, -0.2) is 34.0 Å². The first kappa shape index (κ1) is 35.0. The monoisotopic (exact) mass is 639 g/mol. The highest BCUT2D eigenvalue weighted by molar-refractivity contribution is 6.74. The van der Waals surface area contributed by atoms with Crippen molar-refractivity contribution < 1.29 is 23.4 Å². The minimum Gasteiger partial charge on any atom is -0.489 e. The summed E-state index contributed by atoms with van der Waals surface area (Å²) in [5, 5.41) is 3.75. The molecule has 0 saturated carbocycles. The van der Waals surface area contributed by atoms with Crippen molar-refractivity contribution >= 4 is 14.3 Å². The van der Waals surface area contributed by atoms with E-state index in [1.165, 1.54) is 7.11 Å². The Kier molecular flexibility index (Phi) is 12.2. The van der Waals surface area contributed by atoms with Gasteiger partial charge in [0.15, 0.2) is 8.32 Å². The van der Waals surface area contributed by atoms with Crippen LogP contribution < -0.4 is 14.8 Å². The molecule has 46 heavy (non-hydrogen) atoms. The molecule has 0 bridgehead atoms. The second kappa shape index (κ2) is 16.1. The molecule has 0 saturated heterocycles. The number of carbonyl (C=O) groups is 1. The fraction of sp³-hybridized carbons (Fsp3) is 0.359. The molecule has 7 heteroatoms. The largest absolute Gasteiger partial charge is 0.489 e. The highest BCUT2D eigenvalue weighted by Gasteiger charge is 2.39. The first-order valence-corrected chi connectivity index (χ1v) is 18.9. The Bertz CT molecular complexity index is 1470. The summed E-state index contributed by atoms with van der Waals surface area (Å²) in [6.07, 6.45) is 0.521. The number of ether oxygens (including phenoxy) is 3. The summed E-state index contributed by atoms with van der Waals surface area (Å²) in [5.41, 5.74) is 4.83. The Morgan fingerprint density at radius 2 is 1.30 bits per heavy atom. The van der Waals surface area contributed by atoms with Gasteiger partial charge in [0.1, 0.15) is 24.7 Å². The van der Waals surface area contributed by atoms with E-state index in [1.54, 1.807) is 6.07 Å². The lowest BCUT2D eigenvalue weighted by Crippen LogP contribution is -2.44. The maximum absolute atomic E-state index is 12.1. The van der Waals surface area contributed by atoms with E-state index >= 15 is 0 Å². The van der Waals surface area contributed by atoms with Crippen LogP contribution in [0.1, 0.15) is 66.4 Å². The van der Waals surface area contributed by atoms with Gasteiger partial charge in [-0.3, -0.25) is 0 Å². The zero-order valence-electron chi connectivity index (χ0n) is 28.3. The molecule has 2 atom stereocenters. The smallest absolute Gasteiger partial charge is 0.337 e. The summed E-state index contributed by atoms with van der Waals surface area (Å²) in [4.78, 5) is 12.1. The predicted molar refractivity (Wildman–Crippen MR) is 188 cm³/mol. The maximum atomic E-state index is 12.1. The molecule has 4 rings (SSSR count). The molecular weight excluding hydrogens is 591 g/mol. The summed E-state index contributed by atoms with van der Waals surface area (Å²) in [6, 6.07) is 34.2. The van der Waals surface area contributed by atoms with Crippen molar-refractivity contribution in [2.24, 2.45) is 0 Å². The lowest BCUT2D eigenvalue weighted by atomic mass is 10.0. The van der Waals surface area contributed by atoms with Crippen LogP contribution in [0.5, 0.6) is 11.5 Å². The van der Waals surface area contributed by atoms with Crippen molar-refractivity contribution in [3.63, 3.8) is 0 Å². The van der Waals surface area contributed by atoms with Crippen LogP contribution in [0.2, 0.25) is 18.1 Å². The number of rotatable bonds is 15. The molecule has 4 aromatic rings. The van der Waals surface area contributed by atoms with Gasteiger partial charge in [0, 0.05) is 18.7 Å². The topological polar surface area (TPSA) is 66.0 Å². The third kappa shape index (κ3) is 10.3. The molecule has 0 unspecified atom stereocenters. The second-order valence-electron chi connectivity index (χ2n) is 13.4. The minimum atomic E-state index is -2.17. The molecule has 0 spiro atoms. The molecule has 6 nitrogen and oxygen atoms in total. The summed E-state index contributed by atoms with van der Waals surface area (Å²) < 4.78 is 24.7. The van der Waals surface area contributed by atoms with Crippen LogP contribution in [0.15, 0.2) is 103 Å². The first-order valence-electron chi connectivity index (χ1n) is 16.0. The van der Waals surface area contributed by atoms with Crippen molar-refractivity contribution in [2.45, 2.75) is 77.6 Å². The van der Waals surface area contributed by atoms with Crippen molar-refractivity contribution in [3.05, 3.63) is 131 Å². The van der Waals surface area contributed by atoms with Crippen molar-refractivity contribution in [1.29, 1.82) is 0 Å². The summed E-state index contributed by atoms with van der Waals surface area (Å²) in [7, 11) is -0.767. The Balaban J connectivity index is 1.60. The number of carbonyl (C=O) groups excluding carboxylic acids is 1. The quantitative estimate of drug-likeness (QED) is 0.104. The van der Waals surface area contributed by atoms with E-state index in [1.807, 2.05) is 60.7 Å². The molecule has 0 amide bonds. The molecule has 4 aromatic carbocycles. The normalized spacial score (nSPS) is 13.1. The highest BCUT2D eigenvalue weighted by Crippen LogP contribution is 2.40. The molecule has 244 valence electrons. The van der Waals surface area contributed by atoms with Gasteiger partial charge in [-0.2, -0.15) is 0 Å². The molecule has 0 fully saturated rings. The van der Waals surface area contributed by atoms with Gasteiger partial charge in [0.05, 0.1) is 18.8 Å². The molecule has 0 aliphatic heterocycles. The van der Waals surface area contributed by atoms with Gasteiger partial charge in [-0.15, -0.1) is 0 Å². The van der Waals surface area contributed by atoms with E-state index in [4.69, 9.17) is 18.6 Å². The summed E-state index contributed by atoms with van der Waals surface area (Å²) in [5.74, 6) is 1.15. The van der Waals surface area contributed by atoms with Gasteiger partial charge < -0.3 is 24.0 Å². The number of benzene rings is 4. The lowest BCUT2D eigenvalue weighted by Gasteiger charge is -2.40. The SMILES string of the molecule is COC(=O)c1cccc(C[C@@H](C)NC[C@H](O[Si](C)(C)C(C)(C)C)c2cc(OCc3ccccc3)cc(OCc3ccccc3)c2)c1. The Morgan fingerprint density at radius 1 is 0.761 bits per heavy atom. The van der Waals surface area contributed by atoms with Crippen molar-refractivity contribution in [2.75, 3.05) is 13.7 Å². The molecule has 0 radical (unpaired) electrons. The van der Waals surface area contributed by atoms with E-state index in [0.717, 1.165) is 40.2 Å². The van der Waals surface area contributed by atoms with E-state index < -0.39 is 8.32 Å². The average Bonchev–Trinajstić information content (AvgIpc) is 3.04. The summed E-state index contributed by atoms with van der Waals surface area (Å²) >= 11 is 0.